The minimum atomic E-state index is -0.353. The van der Waals surface area contributed by atoms with Gasteiger partial charge in [0.25, 0.3) is 0 Å². The van der Waals surface area contributed by atoms with Crippen LogP contribution in [0.2, 0.25) is 5.02 Å². The van der Waals surface area contributed by atoms with Gasteiger partial charge < -0.3 is 15.0 Å². The zero-order valence-electron chi connectivity index (χ0n) is 15.7. The van der Waals surface area contributed by atoms with Crippen LogP contribution < -0.4 is 5.73 Å². The van der Waals surface area contributed by atoms with Crippen molar-refractivity contribution in [3.63, 3.8) is 0 Å². The van der Waals surface area contributed by atoms with Gasteiger partial charge in [-0.15, -0.1) is 0 Å². The van der Waals surface area contributed by atoms with E-state index in [1.165, 1.54) is 5.56 Å². The van der Waals surface area contributed by atoms with Crippen molar-refractivity contribution in [1.82, 2.24) is 14.5 Å². The number of hydrogen-bond acceptors (Lipinski definition) is 4. The third-order valence-corrected chi connectivity index (χ3v) is 5.58. The SMILES string of the molecule is CCOC(=O)N1CCC(c2cn(-c3ccc(Cl)cc3)c3cnccc23)CC1N. The highest BCUT2D eigenvalue weighted by atomic mass is 35.5. The van der Waals surface area contributed by atoms with Gasteiger partial charge in [-0.2, -0.15) is 0 Å². The minimum Gasteiger partial charge on any atom is -0.450 e. The highest BCUT2D eigenvalue weighted by Crippen LogP contribution is 2.36. The Bertz CT molecular complexity index is 986. The van der Waals surface area contributed by atoms with E-state index in [0.29, 0.717) is 24.6 Å². The number of halogens is 1. The van der Waals surface area contributed by atoms with Crippen LogP contribution in [0, 0.1) is 0 Å². The van der Waals surface area contributed by atoms with Crippen LogP contribution >= 0.6 is 11.6 Å². The van der Waals surface area contributed by atoms with Crippen LogP contribution in [0.1, 0.15) is 31.2 Å². The molecule has 2 unspecified atom stereocenters. The standard InChI is InChI=1S/C21H23ClN4O2/c1-2-28-21(27)25-10-8-14(11-20(25)23)18-13-26(16-5-3-15(22)4-6-16)19-12-24-9-7-17(18)19/h3-7,9,12-14,20H,2,8,10-11,23H2,1H3. The van der Waals surface area contributed by atoms with Crippen molar-refractivity contribution in [2.24, 2.45) is 5.73 Å². The smallest absolute Gasteiger partial charge is 0.411 e. The van der Waals surface area contributed by atoms with E-state index >= 15 is 0 Å². The summed E-state index contributed by atoms with van der Waals surface area (Å²) < 4.78 is 7.25. The number of amides is 1. The number of carbonyl (C=O) groups excluding carboxylic acids is 1. The normalized spacial score (nSPS) is 19.8. The fourth-order valence-corrected chi connectivity index (χ4v) is 4.08. The summed E-state index contributed by atoms with van der Waals surface area (Å²) in [6, 6.07) is 9.79. The summed E-state index contributed by atoms with van der Waals surface area (Å²) in [5.41, 5.74) is 9.61. The van der Waals surface area contributed by atoms with Crippen LogP contribution in [0.25, 0.3) is 16.6 Å². The monoisotopic (exact) mass is 398 g/mol. The Balaban J connectivity index is 1.67. The van der Waals surface area contributed by atoms with E-state index in [0.717, 1.165) is 23.0 Å². The predicted molar refractivity (Wildman–Crippen MR) is 110 cm³/mol. The van der Waals surface area contributed by atoms with E-state index in [4.69, 9.17) is 22.1 Å². The molecule has 1 amide bonds. The Morgan fingerprint density at radius 1 is 1.32 bits per heavy atom. The molecule has 1 aliphatic rings. The quantitative estimate of drug-likeness (QED) is 0.713. The molecule has 2 atom stereocenters. The van der Waals surface area contributed by atoms with Crippen molar-refractivity contribution in [1.29, 1.82) is 0 Å². The molecule has 1 saturated heterocycles. The zero-order valence-corrected chi connectivity index (χ0v) is 16.5. The molecular formula is C21H23ClN4O2. The molecule has 0 spiro atoms. The molecule has 2 aromatic heterocycles. The Morgan fingerprint density at radius 3 is 2.82 bits per heavy atom. The number of fused-ring (bicyclic) bond motifs is 1. The highest BCUT2D eigenvalue weighted by Gasteiger charge is 2.32. The van der Waals surface area contributed by atoms with Gasteiger partial charge in [0, 0.05) is 35.0 Å². The number of benzene rings is 1. The van der Waals surface area contributed by atoms with Gasteiger partial charge in [0.15, 0.2) is 0 Å². The molecule has 0 bridgehead atoms. The average Bonchev–Trinajstić information content (AvgIpc) is 3.08. The number of aromatic nitrogens is 2. The largest absolute Gasteiger partial charge is 0.450 e. The predicted octanol–water partition coefficient (Wildman–Crippen LogP) is 4.30. The lowest BCUT2D eigenvalue weighted by atomic mass is 9.88. The van der Waals surface area contributed by atoms with Crippen molar-refractivity contribution >= 4 is 28.6 Å². The van der Waals surface area contributed by atoms with Crippen LogP contribution in [0.4, 0.5) is 4.79 Å². The van der Waals surface area contributed by atoms with Crippen molar-refractivity contribution in [2.75, 3.05) is 13.2 Å². The number of piperidine rings is 1. The van der Waals surface area contributed by atoms with Crippen molar-refractivity contribution in [3.05, 3.63) is 59.5 Å². The number of rotatable bonds is 3. The molecule has 146 valence electrons. The molecule has 1 fully saturated rings. The number of nitrogens with two attached hydrogens (primary N) is 1. The molecule has 1 aliphatic heterocycles. The Hall–Kier alpha value is -2.57. The van der Waals surface area contributed by atoms with E-state index < -0.39 is 0 Å². The molecule has 4 rings (SSSR count). The van der Waals surface area contributed by atoms with Gasteiger partial charge in [-0.1, -0.05) is 11.6 Å². The number of pyridine rings is 1. The second kappa shape index (κ2) is 7.81. The molecule has 2 N–H and O–H groups in total. The molecule has 7 heteroatoms. The highest BCUT2D eigenvalue weighted by molar-refractivity contribution is 6.30. The molecule has 1 aromatic carbocycles. The molecule has 6 nitrogen and oxygen atoms in total. The summed E-state index contributed by atoms with van der Waals surface area (Å²) in [5, 5.41) is 1.86. The van der Waals surface area contributed by atoms with Gasteiger partial charge in [0.1, 0.15) is 0 Å². The van der Waals surface area contributed by atoms with Crippen molar-refractivity contribution in [3.8, 4) is 5.69 Å². The lowest BCUT2D eigenvalue weighted by Crippen LogP contribution is -2.50. The Kier molecular flexibility index (Phi) is 5.24. The van der Waals surface area contributed by atoms with Crippen LogP contribution in [0.5, 0.6) is 0 Å². The number of ether oxygens (including phenoxy) is 1. The second-order valence-corrected chi connectivity index (χ2v) is 7.44. The number of hydrogen-bond donors (Lipinski definition) is 1. The molecule has 28 heavy (non-hydrogen) atoms. The summed E-state index contributed by atoms with van der Waals surface area (Å²) >= 11 is 6.04. The zero-order chi connectivity index (χ0) is 19.7. The van der Waals surface area contributed by atoms with Crippen LogP contribution in [-0.2, 0) is 4.74 Å². The van der Waals surface area contributed by atoms with Gasteiger partial charge >= 0.3 is 6.09 Å². The number of nitrogens with zero attached hydrogens (tertiary/aromatic N) is 3. The first-order valence-electron chi connectivity index (χ1n) is 9.48. The summed E-state index contributed by atoms with van der Waals surface area (Å²) in [5.74, 6) is 0.263. The maximum atomic E-state index is 12.1. The van der Waals surface area contributed by atoms with Gasteiger partial charge in [-0.3, -0.25) is 9.88 Å². The maximum Gasteiger partial charge on any atom is 0.411 e. The summed E-state index contributed by atoms with van der Waals surface area (Å²) in [6.07, 6.45) is 6.70. The van der Waals surface area contributed by atoms with Crippen LogP contribution in [0.15, 0.2) is 48.9 Å². The van der Waals surface area contributed by atoms with Gasteiger partial charge in [0.2, 0.25) is 0 Å². The van der Waals surface area contributed by atoms with E-state index in [1.807, 2.05) is 42.7 Å². The third-order valence-electron chi connectivity index (χ3n) is 5.33. The van der Waals surface area contributed by atoms with E-state index in [9.17, 15) is 4.79 Å². The van der Waals surface area contributed by atoms with E-state index in [2.05, 4.69) is 15.7 Å². The number of likely N-dealkylation sites (tertiary alicyclic amines) is 1. The minimum absolute atomic E-state index is 0.263. The van der Waals surface area contributed by atoms with Gasteiger partial charge in [0.05, 0.1) is 24.5 Å². The fraction of sp³-hybridized carbons (Fsp3) is 0.333. The topological polar surface area (TPSA) is 73.4 Å². The molecule has 0 radical (unpaired) electrons. The molecule has 3 heterocycles. The van der Waals surface area contributed by atoms with Gasteiger partial charge in [-0.25, -0.2) is 4.79 Å². The van der Waals surface area contributed by atoms with E-state index in [1.54, 1.807) is 11.8 Å². The summed E-state index contributed by atoms with van der Waals surface area (Å²) in [7, 11) is 0. The maximum absolute atomic E-state index is 12.1. The molecular weight excluding hydrogens is 376 g/mol. The Morgan fingerprint density at radius 2 is 2.11 bits per heavy atom. The lowest BCUT2D eigenvalue weighted by molar-refractivity contribution is 0.0743. The van der Waals surface area contributed by atoms with Crippen molar-refractivity contribution < 1.29 is 9.53 Å². The average molecular weight is 399 g/mol. The number of carbonyl (C=O) groups is 1. The molecule has 3 aromatic rings. The summed E-state index contributed by atoms with van der Waals surface area (Å²) in [6.45, 7) is 2.74. The lowest BCUT2D eigenvalue weighted by Gasteiger charge is -2.36. The van der Waals surface area contributed by atoms with Gasteiger partial charge in [-0.05, 0) is 61.6 Å². The molecule has 0 aliphatic carbocycles. The van der Waals surface area contributed by atoms with Crippen molar-refractivity contribution in [2.45, 2.75) is 31.8 Å². The third kappa shape index (κ3) is 3.45. The second-order valence-electron chi connectivity index (χ2n) is 7.00. The first-order chi connectivity index (χ1) is 13.6. The first kappa shape index (κ1) is 18.8. The molecule has 0 saturated carbocycles. The summed E-state index contributed by atoms with van der Waals surface area (Å²) in [4.78, 5) is 18.0. The fourth-order valence-electron chi connectivity index (χ4n) is 3.95. The van der Waals surface area contributed by atoms with E-state index in [-0.39, 0.29) is 18.2 Å². The van der Waals surface area contributed by atoms with Crippen LogP contribution in [0.3, 0.4) is 0 Å². The Labute approximate surface area is 168 Å². The van der Waals surface area contributed by atoms with Crippen LogP contribution in [-0.4, -0.2) is 39.9 Å². The first-order valence-corrected chi connectivity index (χ1v) is 9.86.